The van der Waals surface area contributed by atoms with E-state index < -0.39 is 4.92 Å². The molecule has 0 radical (unpaired) electrons. The molecule has 2 aromatic rings. The Morgan fingerprint density at radius 2 is 2.16 bits per heavy atom. The van der Waals surface area contributed by atoms with Crippen LogP contribution in [-0.4, -0.2) is 14.5 Å². The maximum atomic E-state index is 10.7. The van der Waals surface area contributed by atoms with Crippen LogP contribution in [0, 0.1) is 17.0 Å². The molecule has 0 unspecified atom stereocenters. The molecule has 0 saturated carbocycles. The molecule has 98 valence electrons. The Kier molecular flexibility index (Phi) is 3.66. The topological polar surface area (TPSA) is 61.0 Å². The summed E-state index contributed by atoms with van der Waals surface area (Å²) in [6, 6.07) is 7.68. The average Bonchev–Trinajstić information content (AvgIpc) is 2.72. The van der Waals surface area contributed by atoms with Crippen LogP contribution in [-0.2, 0) is 0 Å². The zero-order valence-corrected chi connectivity index (χ0v) is 11.3. The van der Waals surface area contributed by atoms with Gasteiger partial charge in [0.1, 0.15) is 6.33 Å². The van der Waals surface area contributed by atoms with Crippen molar-refractivity contribution < 1.29 is 4.92 Å². The highest BCUT2D eigenvalue weighted by molar-refractivity contribution is 6.30. The fourth-order valence-corrected chi connectivity index (χ4v) is 1.93. The molecule has 0 N–H and O–H groups in total. The van der Waals surface area contributed by atoms with Crippen LogP contribution in [0.5, 0.6) is 0 Å². The Morgan fingerprint density at radius 3 is 2.79 bits per heavy atom. The van der Waals surface area contributed by atoms with Crippen molar-refractivity contribution in [1.29, 1.82) is 0 Å². The number of aromatic nitrogens is 2. The second-order valence-electron chi connectivity index (χ2n) is 4.12. The number of hydrogen-bond acceptors (Lipinski definition) is 3. The number of rotatable bonds is 3. The second kappa shape index (κ2) is 5.24. The summed E-state index contributed by atoms with van der Waals surface area (Å²) in [5.74, 6) is 0. The number of nitrogens with zero attached hydrogens (tertiary/aromatic N) is 3. The van der Waals surface area contributed by atoms with Crippen LogP contribution in [0.1, 0.15) is 18.2 Å². The van der Waals surface area contributed by atoms with Gasteiger partial charge in [0.05, 0.1) is 16.3 Å². The molecule has 0 spiro atoms. The molecule has 0 aliphatic heterocycles. The second-order valence-corrected chi connectivity index (χ2v) is 4.48. The summed E-state index contributed by atoms with van der Waals surface area (Å²) in [4.78, 5) is 14.3. The zero-order valence-electron chi connectivity index (χ0n) is 10.5. The van der Waals surface area contributed by atoms with E-state index in [1.165, 1.54) is 13.0 Å². The van der Waals surface area contributed by atoms with Crippen LogP contribution >= 0.6 is 11.6 Å². The molecule has 0 aliphatic rings. The smallest absolute Gasteiger partial charge is 0.245 e. The molecule has 0 amide bonds. The van der Waals surface area contributed by atoms with Crippen LogP contribution in [0.4, 0.5) is 0 Å². The van der Waals surface area contributed by atoms with E-state index in [-0.39, 0.29) is 10.9 Å². The minimum atomic E-state index is -0.453. The molecule has 1 aromatic heterocycles. The molecule has 0 atom stereocenters. The largest absolute Gasteiger partial charge is 0.297 e. The van der Waals surface area contributed by atoms with Gasteiger partial charge in [0.2, 0.25) is 5.70 Å². The van der Waals surface area contributed by atoms with Crippen molar-refractivity contribution in [2.45, 2.75) is 13.8 Å². The molecule has 0 fully saturated rings. The lowest BCUT2D eigenvalue weighted by Crippen LogP contribution is -2.00. The Labute approximate surface area is 115 Å². The van der Waals surface area contributed by atoms with Gasteiger partial charge in [-0.2, -0.15) is 0 Å². The highest BCUT2D eigenvalue weighted by Crippen LogP contribution is 2.23. The minimum absolute atomic E-state index is 0.0113. The Balaban J connectivity index is 2.59. The molecule has 0 bridgehead atoms. The summed E-state index contributed by atoms with van der Waals surface area (Å²) in [6.07, 6.45) is 2.98. The highest BCUT2D eigenvalue weighted by Gasteiger charge is 2.13. The standard InChI is InChI=1S/C13H12ClN3O2/c1-9-5-3-4-6-11(9)16-8-15-13(14)12(16)7-10(2)17(18)19/h3-8H,1-2H3. The van der Waals surface area contributed by atoms with Gasteiger partial charge in [0.25, 0.3) is 0 Å². The number of imidazole rings is 1. The van der Waals surface area contributed by atoms with Crippen molar-refractivity contribution >= 4 is 17.7 Å². The third-order valence-corrected chi connectivity index (χ3v) is 3.06. The van der Waals surface area contributed by atoms with Gasteiger partial charge in [-0.1, -0.05) is 29.8 Å². The lowest BCUT2D eigenvalue weighted by molar-refractivity contribution is -0.422. The predicted octanol–water partition coefficient (Wildman–Crippen LogP) is 3.47. The number of aryl methyl sites for hydroxylation is 1. The van der Waals surface area contributed by atoms with Crippen molar-refractivity contribution in [3.8, 4) is 5.69 Å². The number of benzene rings is 1. The van der Waals surface area contributed by atoms with Crippen LogP contribution in [0.15, 0.2) is 36.3 Å². The molecular formula is C13H12ClN3O2. The monoisotopic (exact) mass is 277 g/mol. The summed E-state index contributed by atoms with van der Waals surface area (Å²) in [7, 11) is 0. The number of nitro groups is 1. The molecule has 5 nitrogen and oxygen atoms in total. The number of para-hydroxylation sites is 1. The number of halogens is 1. The average molecular weight is 278 g/mol. The maximum Gasteiger partial charge on any atom is 0.245 e. The molecule has 6 heteroatoms. The predicted molar refractivity (Wildman–Crippen MR) is 74.0 cm³/mol. The summed E-state index contributed by atoms with van der Waals surface area (Å²) in [6.45, 7) is 3.38. The summed E-state index contributed by atoms with van der Waals surface area (Å²) in [5.41, 5.74) is 2.44. The van der Waals surface area contributed by atoms with E-state index in [9.17, 15) is 10.1 Å². The van der Waals surface area contributed by atoms with Gasteiger partial charge in [-0.15, -0.1) is 0 Å². The van der Waals surface area contributed by atoms with Gasteiger partial charge in [0, 0.05) is 13.0 Å². The van der Waals surface area contributed by atoms with Crippen molar-refractivity contribution in [1.82, 2.24) is 9.55 Å². The molecule has 1 aromatic carbocycles. The Morgan fingerprint density at radius 1 is 1.47 bits per heavy atom. The fraction of sp³-hybridized carbons (Fsp3) is 0.154. The highest BCUT2D eigenvalue weighted by atomic mass is 35.5. The van der Waals surface area contributed by atoms with E-state index in [0.717, 1.165) is 11.3 Å². The molecule has 1 heterocycles. The first-order chi connectivity index (χ1) is 9.00. The number of allylic oxidation sites excluding steroid dienone is 1. The van der Waals surface area contributed by atoms with Crippen molar-refractivity contribution in [3.63, 3.8) is 0 Å². The SMILES string of the molecule is CC(=Cc1c(Cl)ncn1-c1ccccc1C)[N+](=O)[O-]. The van der Waals surface area contributed by atoms with Crippen LogP contribution in [0.3, 0.4) is 0 Å². The van der Waals surface area contributed by atoms with Crippen LogP contribution in [0.2, 0.25) is 5.15 Å². The minimum Gasteiger partial charge on any atom is -0.297 e. The third kappa shape index (κ3) is 2.66. The van der Waals surface area contributed by atoms with E-state index in [4.69, 9.17) is 11.6 Å². The molecule has 2 rings (SSSR count). The lowest BCUT2D eigenvalue weighted by atomic mass is 10.2. The van der Waals surface area contributed by atoms with Crippen molar-refractivity contribution in [3.05, 3.63) is 62.8 Å². The fourth-order valence-electron chi connectivity index (χ4n) is 1.74. The van der Waals surface area contributed by atoms with E-state index in [2.05, 4.69) is 4.98 Å². The molecular weight excluding hydrogens is 266 g/mol. The van der Waals surface area contributed by atoms with Gasteiger partial charge < -0.3 is 0 Å². The number of hydrogen-bond donors (Lipinski definition) is 0. The summed E-state index contributed by atoms with van der Waals surface area (Å²) >= 11 is 6.00. The summed E-state index contributed by atoms with van der Waals surface area (Å²) in [5, 5.41) is 11.0. The van der Waals surface area contributed by atoms with Crippen LogP contribution < -0.4 is 0 Å². The maximum absolute atomic E-state index is 10.7. The Hall–Kier alpha value is -2.14. The zero-order chi connectivity index (χ0) is 14.0. The van der Waals surface area contributed by atoms with Crippen molar-refractivity contribution in [2.75, 3.05) is 0 Å². The van der Waals surface area contributed by atoms with Gasteiger partial charge in [-0.05, 0) is 18.6 Å². The molecule has 19 heavy (non-hydrogen) atoms. The first-order valence-electron chi connectivity index (χ1n) is 5.62. The third-order valence-electron chi connectivity index (χ3n) is 2.77. The van der Waals surface area contributed by atoms with Gasteiger partial charge in [0.15, 0.2) is 5.15 Å². The first-order valence-corrected chi connectivity index (χ1v) is 6.00. The lowest BCUT2D eigenvalue weighted by Gasteiger charge is -2.08. The normalized spacial score (nSPS) is 11.6. The van der Waals surface area contributed by atoms with E-state index in [0.29, 0.717) is 5.69 Å². The van der Waals surface area contributed by atoms with Crippen molar-refractivity contribution in [2.24, 2.45) is 0 Å². The molecule has 0 aliphatic carbocycles. The van der Waals surface area contributed by atoms with Gasteiger partial charge >= 0.3 is 0 Å². The van der Waals surface area contributed by atoms with E-state index in [1.807, 2.05) is 31.2 Å². The van der Waals surface area contributed by atoms with Gasteiger partial charge in [-0.3, -0.25) is 14.7 Å². The first kappa shape index (κ1) is 13.3. The van der Waals surface area contributed by atoms with E-state index >= 15 is 0 Å². The summed E-state index contributed by atoms with van der Waals surface area (Å²) < 4.78 is 1.74. The van der Waals surface area contributed by atoms with E-state index in [1.54, 1.807) is 10.9 Å². The Bertz CT molecular complexity index is 662. The van der Waals surface area contributed by atoms with Crippen LogP contribution in [0.25, 0.3) is 11.8 Å². The molecule has 0 saturated heterocycles. The quantitative estimate of drug-likeness (QED) is 0.637. The van der Waals surface area contributed by atoms with Gasteiger partial charge in [-0.25, -0.2) is 4.98 Å².